The first-order chi connectivity index (χ1) is 11.7. The van der Waals surface area contributed by atoms with E-state index in [0.717, 1.165) is 17.7 Å². The molecule has 1 fully saturated rings. The smallest absolute Gasteiger partial charge is 0.227 e. The van der Waals surface area contributed by atoms with Crippen LogP contribution in [0.3, 0.4) is 0 Å². The average Bonchev–Trinajstić information content (AvgIpc) is 3.13. The van der Waals surface area contributed by atoms with Gasteiger partial charge in [-0.05, 0) is 54.5 Å². The van der Waals surface area contributed by atoms with Gasteiger partial charge in [-0.25, -0.2) is 4.39 Å². The zero-order chi connectivity index (χ0) is 16.8. The van der Waals surface area contributed by atoms with Gasteiger partial charge in [0.2, 0.25) is 5.91 Å². The van der Waals surface area contributed by atoms with E-state index in [1.54, 1.807) is 24.5 Å². The van der Waals surface area contributed by atoms with Crippen molar-refractivity contribution in [1.29, 1.82) is 0 Å². The van der Waals surface area contributed by atoms with E-state index in [1.807, 2.05) is 12.1 Å². The highest BCUT2D eigenvalue weighted by Gasteiger charge is 2.23. The van der Waals surface area contributed by atoms with Crippen LogP contribution in [0.2, 0.25) is 0 Å². The lowest BCUT2D eigenvalue weighted by atomic mass is 9.91. The van der Waals surface area contributed by atoms with Gasteiger partial charge in [-0.2, -0.15) is 0 Å². The van der Waals surface area contributed by atoms with Crippen molar-refractivity contribution in [3.05, 3.63) is 65.7 Å². The maximum absolute atomic E-state index is 13.2. The second-order valence-corrected chi connectivity index (χ2v) is 6.57. The first kappa shape index (κ1) is 16.6. The van der Waals surface area contributed by atoms with Crippen molar-refractivity contribution in [2.24, 2.45) is 5.92 Å². The number of pyridine rings is 1. The number of carbonyl (C=O) groups is 1. The molecule has 3 rings (SSSR count). The number of amides is 1. The first-order valence-corrected chi connectivity index (χ1v) is 8.64. The number of aromatic nitrogens is 1. The number of carbonyl (C=O) groups excluding carboxylic acids is 1. The van der Waals surface area contributed by atoms with Gasteiger partial charge in [-0.3, -0.25) is 9.78 Å². The first-order valence-electron chi connectivity index (χ1n) is 8.64. The zero-order valence-corrected chi connectivity index (χ0v) is 13.7. The Morgan fingerprint density at radius 3 is 2.62 bits per heavy atom. The Labute approximate surface area is 142 Å². The Hall–Kier alpha value is -2.23. The standard InChI is InChI=1S/C20H23FN2O/c21-18-9-7-17(8-10-18)19(12-16-6-3-11-22-13-16)20(24)23-14-15-4-1-2-5-15/h3,6-11,13,15,19H,1-2,4-5,12,14H2,(H,23,24). The van der Waals surface area contributed by atoms with Gasteiger partial charge in [0.1, 0.15) is 5.82 Å². The number of benzene rings is 1. The molecule has 4 heteroatoms. The molecule has 1 heterocycles. The van der Waals surface area contributed by atoms with Gasteiger partial charge >= 0.3 is 0 Å². The van der Waals surface area contributed by atoms with Crippen molar-refractivity contribution in [3.8, 4) is 0 Å². The van der Waals surface area contributed by atoms with E-state index >= 15 is 0 Å². The predicted molar refractivity (Wildman–Crippen MR) is 92.0 cm³/mol. The molecule has 1 aromatic heterocycles. The van der Waals surface area contributed by atoms with Crippen LogP contribution in [-0.4, -0.2) is 17.4 Å². The summed E-state index contributed by atoms with van der Waals surface area (Å²) in [7, 11) is 0. The Morgan fingerprint density at radius 1 is 1.21 bits per heavy atom. The normalized spacial score (nSPS) is 16.0. The second-order valence-electron chi connectivity index (χ2n) is 6.57. The maximum Gasteiger partial charge on any atom is 0.227 e. The van der Waals surface area contributed by atoms with Gasteiger partial charge in [-0.15, -0.1) is 0 Å². The molecule has 1 aliphatic carbocycles. The van der Waals surface area contributed by atoms with Crippen LogP contribution in [0.25, 0.3) is 0 Å². The van der Waals surface area contributed by atoms with Crippen LogP contribution in [0, 0.1) is 11.7 Å². The molecule has 1 saturated carbocycles. The lowest BCUT2D eigenvalue weighted by Crippen LogP contribution is -2.33. The van der Waals surface area contributed by atoms with Gasteiger partial charge in [0.05, 0.1) is 5.92 Å². The average molecular weight is 326 g/mol. The van der Waals surface area contributed by atoms with E-state index in [2.05, 4.69) is 10.3 Å². The summed E-state index contributed by atoms with van der Waals surface area (Å²) in [5.74, 6) is 0.0000144. The summed E-state index contributed by atoms with van der Waals surface area (Å²) in [6, 6.07) is 10.1. The highest BCUT2D eigenvalue weighted by Crippen LogP contribution is 2.25. The highest BCUT2D eigenvalue weighted by molar-refractivity contribution is 5.84. The molecule has 2 aromatic rings. The predicted octanol–water partition coefficient (Wildman–Crippen LogP) is 3.85. The molecular formula is C20H23FN2O. The summed E-state index contributed by atoms with van der Waals surface area (Å²) in [5.41, 5.74) is 1.84. The molecule has 126 valence electrons. The minimum absolute atomic E-state index is 0.0114. The Bertz CT molecular complexity index is 651. The third kappa shape index (κ3) is 4.40. The lowest BCUT2D eigenvalue weighted by molar-refractivity contribution is -0.122. The van der Waals surface area contributed by atoms with Crippen LogP contribution >= 0.6 is 0 Å². The number of halogens is 1. The van der Waals surface area contributed by atoms with Crippen molar-refractivity contribution < 1.29 is 9.18 Å². The summed E-state index contributed by atoms with van der Waals surface area (Å²) in [6.07, 6.45) is 8.98. The number of nitrogens with zero attached hydrogens (tertiary/aromatic N) is 1. The summed E-state index contributed by atoms with van der Waals surface area (Å²) in [5, 5.41) is 3.10. The molecule has 1 aromatic carbocycles. The van der Waals surface area contributed by atoms with E-state index in [-0.39, 0.29) is 17.6 Å². The molecule has 1 aliphatic rings. The molecule has 1 unspecified atom stereocenters. The van der Waals surface area contributed by atoms with Crippen molar-refractivity contribution >= 4 is 5.91 Å². The third-order valence-corrected chi connectivity index (χ3v) is 4.79. The van der Waals surface area contributed by atoms with Crippen LogP contribution < -0.4 is 5.32 Å². The van der Waals surface area contributed by atoms with Gasteiger partial charge < -0.3 is 5.32 Å². The molecular weight excluding hydrogens is 303 g/mol. The molecule has 3 nitrogen and oxygen atoms in total. The fourth-order valence-electron chi connectivity index (χ4n) is 3.39. The SMILES string of the molecule is O=C(NCC1CCCC1)C(Cc1cccnc1)c1ccc(F)cc1. The van der Waals surface area contributed by atoms with Crippen LogP contribution in [-0.2, 0) is 11.2 Å². The molecule has 1 N–H and O–H groups in total. The van der Waals surface area contributed by atoms with Crippen LogP contribution in [0.15, 0.2) is 48.8 Å². The van der Waals surface area contributed by atoms with E-state index < -0.39 is 0 Å². The highest BCUT2D eigenvalue weighted by atomic mass is 19.1. The maximum atomic E-state index is 13.2. The van der Waals surface area contributed by atoms with Gasteiger partial charge in [0.15, 0.2) is 0 Å². The van der Waals surface area contributed by atoms with Crippen molar-refractivity contribution in [2.75, 3.05) is 6.54 Å². The van der Waals surface area contributed by atoms with Gasteiger partial charge in [-0.1, -0.05) is 31.0 Å². The number of hydrogen-bond acceptors (Lipinski definition) is 2. The van der Waals surface area contributed by atoms with E-state index in [1.165, 1.54) is 37.8 Å². The van der Waals surface area contributed by atoms with E-state index in [0.29, 0.717) is 12.3 Å². The van der Waals surface area contributed by atoms with Crippen LogP contribution in [0.1, 0.15) is 42.7 Å². The van der Waals surface area contributed by atoms with Crippen molar-refractivity contribution in [3.63, 3.8) is 0 Å². The largest absolute Gasteiger partial charge is 0.355 e. The topological polar surface area (TPSA) is 42.0 Å². The van der Waals surface area contributed by atoms with E-state index in [9.17, 15) is 9.18 Å². The summed E-state index contributed by atoms with van der Waals surface area (Å²) >= 11 is 0. The minimum atomic E-state index is -0.323. The van der Waals surface area contributed by atoms with Crippen LogP contribution in [0.4, 0.5) is 4.39 Å². The molecule has 1 atom stereocenters. The Balaban J connectivity index is 1.72. The number of rotatable bonds is 6. The van der Waals surface area contributed by atoms with Crippen LogP contribution in [0.5, 0.6) is 0 Å². The molecule has 1 amide bonds. The van der Waals surface area contributed by atoms with Gasteiger partial charge in [0, 0.05) is 18.9 Å². The molecule has 0 bridgehead atoms. The Morgan fingerprint density at radius 2 is 1.96 bits per heavy atom. The summed E-state index contributed by atoms with van der Waals surface area (Å²) in [4.78, 5) is 16.9. The number of nitrogens with one attached hydrogen (secondary N) is 1. The molecule has 0 aliphatic heterocycles. The van der Waals surface area contributed by atoms with Gasteiger partial charge in [0.25, 0.3) is 0 Å². The third-order valence-electron chi connectivity index (χ3n) is 4.79. The lowest BCUT2D eigenvalue weighted by Gasteiger charge is -2.19. The quantitative estimate of drug-likeness (QED) is 0.876. The number of hydrogen-bond donors (Lipinski definition) is 1. The monoisotopic (exact) mass is 326 g/mol. The van der Waals surface area contributed by atoms with E-state index in [4.69, 9.17) is 0 Å². The Kier molecular flexibility index (Phi) is 5.57. The minimum Gasteiger partial charge on any atom is -0.355 e. The molecule has 0 spiro atoms. The molecule has 0 saturated heterocycles. The van der Waals surface area contributed by atoms with Crippen molar-refractivity contribution in [1.82, 2.24) is 10.3 Å². The zero-order valence-electron chi connectivity index (χ0n) is 13.7. The fourth-order valence-corrected chi connectivity index (χ4v) is 3.39. The molecule has 0 radical (unpaired) electrons. The second kappa shape index (κ2) is 8.04. The summed E-state index contributed by atoms with van der Waals surface area (Å²) in [6.45, 7) is 0.740. The van der Waals surface area contributed by atoms with Crippen molar-refractivity contribution in [2.45, 2.75) is 38.0 Å². The molecule has 24 heavy (non-hydrogen) atoms. The summed E-state index contributed by atoms with van der Waals surface area (Å²) < 4.78 is 13.2. The fraction of sp³-hybridized carbons (Fsp3) is 0.400.